The van der Waals surface area contributed by atoms with Crippen LogP contribution in [0.25, 0.3) is 10.9 Å². The molecule has 1 atom stereocenters. The summed E-state index contributed by atoms with van der Waals surface area (Å²) in [5, 5.41) is 0.745. The molecule has 1 aliphatic rings. The Morgan fingerprint density at radius 1 is 1.29 bits per heavy atom. The van der Waals surface area contributed by atoms with Gasteiger partial charge in [-0.3, -0.25) is 9.69 Å². The van der Waals surface area contributed by atoms with Crippen LogP contribution in [-0.2, 0) is 18.3 Å². The Hall–Kier alpha value is -2.34. The number of nitrogens with zero attached hydrogens (tertiary/aromatic N) is 3. The molecule has 0 saturated carbocycles. The number of likely N-dealkylation sites (N-methyl/N-ethyl adjacent to an activating group) is 1. The Bertz CT molecular complexity index is 913. The van der Waals surface area contributed by atoms with Crippen molar-refractivity contribution in [3.8, 4) is 0 Å². The average molecular weight is 386 g/mol. The lowest BCUT2D eigenvalue weighted by atomic mass is 10.0. The predicted octanol–water partition coefficient (Wildman–Crippen LogP) is 3.37. The van der Waals surface area contributed by atoms with Crippen molar-refractivity contribution in [1.82, 2.24) is 14.4 Å². The van der Waals surface area contributed by atoms with Crippen molar-refractivity contribution in [2.45, 2.75) is 51.8 Å². The van der Waals surface area contributed by atoms with Gasteiger partial charge in [-0.25, -0.2) is 4.79 Å². The molecule has 0 spiro atoms. The summed E-state index contributed by atoms with van der Waals surface area (Å²) in [6, 6.07) is 7.89. The van der Waals surface area contributed by atoms with Crippen LogP contribution in [0.15, 0.2) is 35.3 Å². The van der Waals surface area contributed by atoms with Gasteiger partial charge in [0.25, 0.3) is 0 Å². The number of amides is 1. The number of aryl methyl sites for hydroxylation is 1. The van der Waals surface area contributed by atoms with E-state index in [-0.39, 0.29) is 17.6 Å². The Kier molecular flexibility index (Phi) is 5.79. The van der Waals surface area contributed by atoms with Crippen molar-refractivity contribution in [1.29, 1.82) is 0 Å². The van der Waals surface area contributed by atoms with Gasteiger partial charge in [-0.1, -0.05) is 12.1 Å². The van der Waals surface area contributed by atoms with Crippen molar-refractivity contribution < 1.29 is 9.53 Å². The lowest BCUT2D eigenvalue weighted by molar-refractivity contribution is 0.0120. The van der Waals surface area contributed by atoms with Gasteiger partial charge in [0, 0.05) is 49.9 Å². The smallest absolute Gasteiger partial charge is 0.410 e. The van der Waals surface area contributed by atoms with E-state index < -0.39 is 5.60 Å². The average Bonchev–Trinajstić information content (AvgIpc) is 2.64. The van der Waals surface area contributed by atoms with E-state index in [9.17, 15) is 9.59 Å². The van der Waals surface area contributed by atoms with Crippen LogP contribution in [-0.4, -0.2) is 52.2 Å². The molecule has 1 aromatic carbocycles. The Morgan fingerprint density at radius 3 is 2.71 bits per heavy atom. The van der Waals surface area contributed by atoms with Crippen molar-refractivity contribution in [3.05, 3.63) is 46.2 Å². The zero-order valence-corrected chi connectivity index (χ0v) is 17.6. The second kappa shape index (κ2) is 7.95. The van der Waals surface area contributed by atoms with E-state index in [4.69, 9.17) is 4.74 Å². The number of pyridine rings is 1. The molecule has 1 aromatic heterocycles. The van der Waals surface area contributed by atoms with Crippen molar-refractivity contribution in [2.75, 3.05) is 20.1 Å². The van der Waals surface area contributed by atoms with Crippen LogP contribution >= 0.6 is 0 Å². The summed E-state index contributed by atoms with van der Waals surface area (Å²) in [7, 11) is 3.99. The van der Waals surface area contributed by atoms with Gasteiger partial charge >= 0.3 is 6.09 Å². The highest BCUT2D eigenvalue weighted by Gasteiger charge is 2.29. The fourth-order valence-corrected chi connectivity index (χ4v) is 3.83. The van der Waals surface area contributed by atoms with E-state index in [0.29, 0.717) is 13.1 Å². The number of likely N-dealkylation sites (tertiary alicyclic amines) is 1. The highest BCUT2D eigenvalue weighted by Crippen LogP contribution is 2.20. The van der Waals surface area contributed by atoms with E-state index >= 15 is 0 Å². The van der Waals surface area contributed by atoms with Crippen LogP contribution in [0.3, 0.4) is 0 Å². The minimum atomic E-state index is -0.493. The number of piperidine rings is 1. The summed E-state index contributed by atoms with van der Waals surface area (Å²) in [5.74, 6) is 0. The van der Waals surface area contributed by atoms with Crippen LogP contribution in [0.1, 0.15) is 39.2 Å². The fraction of sp³-hybridized carbons (Fsp3) is 0.545. The third-order valence-corrected chi connectivity index (χ3v) is 5.26. The molecule has 0 unspecified atom stereocenters. The van der Waals surface area contributed by atoms with E-state index in [2.05, 4.69) is 4.90 Å². The number of benzene rings is 1. The van der Waals surface area contributed by atoms with Gasteiger partial charge in [0.15, 0.2) is 5.43 Å². The first-order valence-corrected chi connectivity index (χ1v) is 9.91. The van der Waals surface area contributed by atoms with Gasteiger partial charge in [0.05, 0.1) is 5.52 Å². The molecule has 3 rings (SSSR count). The number of hydrogen-bond acceptors (Lipinski definition) is 4. The molecule has 1 saturated heterocycles. The predicted molar refractivity (Wildman–Crippen MR) is 111 cm³/mol. The van der Waals surface area contributed by atoms with Crippen LogP contribution in [0.5, 0.6) is 0 Å². The molecule has 0 N–H and O–H groups in total. The zero-order chi connectivity index (χ0) is 20.5. The van der Waals surface area contributed by atoms with Gasteiger partial charge in [-0.05, 0) is 52.8 Å². The zero-order valence-electron chi connectivity index (χ0n) is 17.6. The first-order chi connectivity index (χ1) is 13.2. The molecule has 1 aliphatic heterocycles. The second-order valence-corrected chi connectivity index (χ2v) is 8.75. The number of ether oxygens (including phenoxy) is 1. The number of carbonyl (C=O) groups is 1. The molecule has 28 heavy (non-hydrogen) atoms. The fourth-order valence-electron chi connectivity index (χ4n) is 3.83. The normalized spacial score (nSPS) is 17.9. The van der Waals surface area contributed by atoms with E-state index in [1.54, 1.807) is 4.90 Å². The summed E-state index contributed by atoms with van der Waals surface area (Å²) >= 11 is 0. The SMILES string of the molecule is CN(Cc1cn(C)c2ccccc2c1=O)[C@H]1CCCN(C(=O)OC(C)(C)C)C1. The number of carbonyl (C=O) groups excluding carboxylic acids is 1. The molecule has 1 amide bonds. The Morgan fingerprint density at radius 2 is 2.00 bits per heavy atom. The van der Waals surface area contributed by atoms with E-state index in [1.807, 2.05) is 69.9 Å². The maximum atomic E-state index is 12.9. The highest BCUT2D eigenvalue weighted by molar-refractivity contribution is 5.79. The molecule has 2 heterocycles. The van der Waals surface area contributed by atoms with E-state index in [0.717, 1.165) is 35.9 Å². The third-order valence-electron chi connectivity index (χ3n) is 5.26. The summed E-state index contributed by atoms with van der Waals surface area (Å²) in [6.45, 7) is 7.55. The van der Waals surface area contributed by atoms with Crippen LogP contribution in [0.2, 0.25) is 0 Å². The molecule has 152 valence electrons. The van der Waals surface area contributed by atoms with Crippen LogP contribution in [0.4, 0.5) is 4.79 Å². The Labute approximate surface area is 166 Å². The quantitative estimate of drug-likeness (QED) is 0.813. The van der Waals surface area contributed by atoms with Gasteiger partial charge in [-0.15, -0.1) is 0 Å². The van der Waals surface area contributed by atoms with Gasteiger partial charge in [0.1, 0.15) is 5.60 Å². The minimum Gasteiger partial charge on any atom is -0.444 e. The lowest BCUT2D eigenvalue weighted by Crippen LogP contribution is -2.49. The van der Waals surface area contributed by atoms with Gasteiger partial charge in [0.2, 0.25) is 0 Å². The van der Waals surface area contributed by atoms with Crippen molar-refractivity contribution in [3.63, 3.8) is 0 Å². The lowest BCUT2D eigenvalue weighted by Gasteiger charge is -2.38. The maximum absolute atomic E-state index is 12.9. The summed E-state index contributed by atoms with van der Waals surface area (Å²) < 4.78 is 7.53. The van der Waals surface area contributed by atoms with Crippen LogP contribution < -0.4 is 5.43 Å². The first kappa shape index (κ1) is 20.4. The largest absolute Gasteiger partial charge is 0.444 e. The molecule has 1 fully saturated rings. The third kappa shape index (κ3) is 4.55. The van der Waals surface area contributed by atoms with Gasteiger partial charge in [-0.2, -0.15) is 0 Å². The monoisotopic (exact) mass is 385 g/mol. The van der Waals surface area contributed by atoms with Crippen LogP contribution in [0, 0.1) is 0 Å². The summed E-state index contributed by atoms with van der Waals surface area (Å²) in [4.78, 5) is 29.3. The number of fused-ring (bicyclic) bond motifs is 1. The number of aromatic nitrogens is 1. The molecule has 0 radical (unpaired) electrons. The topological polar surface area (TPSA) is 54.8 Å². The van der Waals surface area contributed by atoms with Crippen molar-refractivity contribution in [2.24, 2.45) is 7.05 Å². The molecule has 2 aromatic rings. The minimum absolute atomic E-state index is 0.0837. The van der Waals surface area contributed by atoms with Crippen molar-refractivity contribution >= 4 is 17.0 Å². The molecule has 6 nitrogen and oxygen atoms in total. The molecule has 0 bridgehead atoms. The first-order valence-electron chi connectivity index (χ1n) is 9.91. The summed E-state index contributed by atoms with van der Waals surface area (Å²) in [6.07, 6.45) is 3.61. The number of hydrogen-bond donors (Lipinski definition) is 0. The summed E-state index contributed by atoms with van der Waals surface area (Å²) in [5.41, 5.74) is 1.30. The second-order valence-electron chi connectivity index (χ2n) is 8.75. The highest BCUT2D eigenvalue weighted by atomic mass is 16.6. The van der Waals surface area contributed by atoms with E-state index in [1.165, 1.54) is 0 Å². The molecule has 6 heteroatoms. The number of rotatable bonds is 3. The molecular formula is C22H31N3O3. The van der Waals surface area contributed by atoms with Gasteiger partial charge < -0.3 is 14.2 Å². The standard InChI is InChI=1S/C22H31N3O3/c1-22(2,3)28-21(27)25-12-8-9-17(15-25)23(4)13-16-14-24(5)19-11-7-6-10-18(19)20(16)26/h6-7,10-11,14,17H,8-9,12-13,15H2,1-5H3/t17-/m0/s1. The molecule has 0 aliphatic carbocycles. The maximum Gasteiger partial charge on any atom is 0.410 e. The Balaban J connectivity index is 1.73. The molecular weight excluding hydrogens is 354 g/mol. The number of para-hydroxylation sites is 1.